The predicted octanol–water partition coefficient (Wildman–Crippen LogP) is 3.52. The van der Waals surface area contributed by atoms with Crippen LogP contribution >= 0.6 is 19.3 Å². The fourth-order valence-electron chi connectivity index (χ4n) is 2.73. The highest BCUT2D eigenvalue weighted by atomic mass is 32.1. The Labute approximate surface area is 177 Å². The molecule has 0 aliphatic heterocycles. The summed E-state index contributed by atoms with van der Waals surface area (Å²) in [6.45, 7) is 5.62. The minimum absolute atomic E-state index is 0.0391. The van der Waals surface area contributed by atoms with E-state index in [4.69, 9.17) is 0 Å². The summed E-state index contributed by atoms with van der Waals surface area (Å²) in [7, 11) is -2.01. The summed E-state index contributed by atoms with van der Waals surface area (Å²) >= 11 is 1.72. The maximum Gasteiger partial charge on any atom is 0.249 e. The number of aryl methyl sites for hydroxylation is 1. The molecular weight excluding hydrogens is 405 g/mol. The SMILES string of the molecule is CC(=O)NC[P+]([O-])=N[C@H](C(=O)NCCCc1ccc(-c2cccs2)cc1)C(C)C. The van der Waals surface area contributed by atoms with Crippen molar-refractivity contribution in [2.45, 2.75) is 39.7 Å². The van der Waals surface area contributed by atoms with E-state index in [-0.39, 0.29) is 24.0 Å². The molecule has 0 fully saturated rings. The van der Waals surface area contributed by atoms with Gasteiger partial charge in [-0.1, -0.05) is 48.9 Å². The molecule has 156 valence electrons. The van der Waals surface area contributed by atoms with E-state index in [2.05, 4.69) is 51.1 Å². The number of carbonyl (C=O) groups is 2. The Hall–Kier alpha value is -2.08. The number of nitrogens with zero attached hydrogens (tertiary/aromatic N) is 1. The van der Waals surface area contributed by atoms with Crippen molar-refractivity contribution in [2.24, 2.45) is 10.7 Å². The van der Waals surface area contributed by atoms with E-state index in [0.717, 1.165) is 12.8 Å². The van der Waals surface area contributed by atoms with Crippen molar-refractivity contribution in [3.8, 4) is 10.4 Å². The molecular formula is C21H28N3O3PS. The third kappa shape index (κ3) is 8.05. The van der Waals surface area contributed by atoms with Gasteiger partial charge >= 0.3 is 0 Å². The number of thiophene rings is 1. The van der Waals surface area contributed by atoms with Gasteiger partial charge < -0.3 is 15.5 Å². The Morgan fingerprint density at radius 2 is 1.90 bits per heavy atom. The van der Waals surface area contributed by atoms with E-state index in [1.165, 1.54) is 22.9 Å². The molecule has 0 aliphatic carbocycles. The van der Waals surface area contributed by atoms with Crippen LogP contribution in [0, 0.1) is 5.92 Å². The van der Waals surface area contributed by atoms with E-state index >= 15 is 0 Å². The van der Waals surface area contributed by atoms with Crippen molar-refractivity contribution in [1.82, 2.24) is 10.6 Å². The van der Waals surface area contributed by atoms with E-state index in [9.17, 15) is 14.5 Å². The zero-order valence-corrected chi connectivity index (χ0v) is 18.8. The van der Waals surface area contributed by atoms with Gasteiger partial charge in [0.15, 0.2) is 20.3 Å². The molecule has 0 spiro atoms. The van der Waals surface area contributed by atoms with Crippen molar-refractivity contribution in [2.75, 3.05) is 12.8 Å². The van der Waals surface area contributed by atoms with Gasteiger partial charge in [0, 0.05) is 18.3 Å². The molecule has 0 saturated carbocycles. The largest absolute Gasteiger partial charge is 0.611 e. The van der Waals surface area contributed by atoms with Gasteiger partial charge in [0.25, 0.3) is 0 Å². The van der Waals surface area contributed by atoms with Crippen LogP contribution in [0.15, 0.2) is 46.5 Å². The molecule has 8 heteroatoms. The quantitative estimate of drug-likeness (QED) is 0.443. The molecule has 0 saturated heterocycles. The molecule has 0 radical (unpaired) electrons. The normalized spacial score (nSPS) is 12.7. The molecule has 0 aliphatic rings. The van der Waals surface area contributed by atoms with Crippen LogP contribution in [-0.4, -0.2) is 30.7 Å². The predicted molar refractivity (Wildman–Crippen MR) is 118 cm³/mol. The zero-order chi connectivity index (χ0) is 21.2. The Kier molecular flexibility index (Phi) is 9.45. The topological polar surface area (TPSA) is 93.6 Å². The van der Waals surface area contributed by atoms with E-state index in [1.54, 1.807) is 11.3 Å². The molecule has 2 rings (SSSR count). The van der Waals surface area contributed by atoms with E-state index in [0.29, 0.717) is 6.54 Å². The first-order valence-corrected chi connectivity index (χ1v) is 11.9. The Morgan fingerprint density at radius 1 is 1.17 bits per heavy atom. The number of rotatable bonds is 10. The van der Waals surface area contributed by atoms with Crippen LogP contribution in [0.4, 0.5) is 0 Å². The molecule has 6 nitrogen and oxygen atoms in total. The maximum absolute atomic E-state index is 12.4. The van der Waals surface area contributed by atoms with Crippen LogP contribution in [0.5, 0.6) is 0 Å². The summed E-state index contributed by atoms with van der Waals surface area (Å²) in [5, 5.41) is 7.42. The number of nitrogens with one attached hydrogen (secondary N) is 2. The molecule has 29 heavy (non-hydrogen) atoms. The smallest absolute Gasteiger partial charge is 0.249 e. The van der Waals surface area contributed by atoms with Crippen molar-refractivity contribution < 1.29 is 14.5 Å². The molecule has 1 unspecified atom stereocenters. The van der Waals surface area contributed by atoms with Crippen molar-refractivity contribution in [3.05, 3.63) is 47.3 Å². The Morgan fingerprint density at radius 3 is 2.48 bits per heavy atom. The first kappa shape index (κ1) is 23.2. The first-order chi connectivity index (χ1) is 13.9. The minimum atomic E-state index is -2.01. The molecule has 2 N–H and O–H groups in total. The fourth-order valence-corrected chi connectivity index (χ4v) is 4.56. The van der Waals surface area contributed by atoms with Gasteiger partial charge in [-0.2, -0.15) is 0 Å². The van der Waals surface area contributed by atoms with Crippen LogP contribution in [0.2, 0.25) is 0 Å². The van der Waals surface area contributed by atoms with Gasteiger partial charge in [-0.3, -0.25) is 9.59 Å². The van der Waals surface area contributed by atoms with Crippen LogP contribution in [0.3, 0.4) is 0 Å². The molecule has 2 atom stereocenters. The second-order valence-electron chi connectivity index (χ2n) is 7.12. The number of hydrogen-bond acceptors (Lipinski definition) is 5. The highest BCUT2D eigenvalue weighted by Gasteiger charge is 2.24. The van der Waals surface area contributed by atoms with Gasteiger partial charge in [0.2, 0.25) is 11.8 Å². The van der Waals surface area contributed by atoms with Crippen molar-refractivity contribution >= 4 is 31.1 Å². The molecule has 2 aromatic rings. The number of carbonyl (C=O) groups excluding carboxylic acids is 2. The zero-order valence-electron chi connectivity index (χ0n) is 17.1. The van der Waals surface area contributed by atoms with Gasteiger partial charge in [0.1, 0.15) is 0 Å². The first-order valence-electron chi connectivity index (χ1n) is 9.67. The van der Waals surface area contributed by atoms with Crippen LogP contribution in [0.25, 0.3) is 10.4 Å². The summed E-state index contributed by atoms with van der Waals surface area (Å²) in [5.74, 6) is -0.562. The third-order valence-electron chi connectivity index (χ3n) is 4.32. The summed E-state index contributed by atoms with van der Waals surface area (Å²) < 4.78 is 4.10. The summed E-state index contributed by atoms with van der Waals surface area (Å²) in [4.78, 5) is 36.6. The Bertz CT molecular complexity index is 820. The summed E-state index contributed by atoms with van der Waals surface area (Å²) in [6, 6.07) is 12.0. The highest BCUT2D eigenvalue weighted by Crippen LogP contribution is 2.25. The molecule has 1 heterocycles. The fraction of sp³-hybridized carbons (Fsp3) is 0.429. The van der Waals surface area contributed by atoms with E-state index < -0.39 is 14.0 Å². The minimum Gasteiger partial charge on any atom is -0.611 e. The lowest BCUT2D eigenvalue weighted by Gasteiger charge is -2.14. The van der Waals surface area contributed by atoms with Gasteiger partial charge in [-0.25, -0.2) is 0 Å². The molecule has 2 amide bonds. The number of benzene rings is 1. The van der Waals surface area contributed by atoms with Crippen molar-refractivity contribution in [1.29, 1.82) is 0 Å². The summed E-state index contributed by atoms with van der Waals surface area (Å²) in [6.07, 6.45) is 1.64. The average molecular weight is 434 g/mol. The lowest BCUT2D eigenvalue weighted by Crippen LogP contribution is -2.37. The second-order valence-corrected chi connectivity index (χ2v) is 9.32. The molecule has 1 aromatic heterocycles. The van der Waals surface area contributed by atoms with E-state index in [1.807, 2.05) is 19.9 Å². The van der Waals surface area contributed by atoms with Crippen LogP contribution in [0.1, 0.15) is 32.8 Å². The molecule has 1 aromatic carbocycles. The lowest BCUT2D eigenvalue weighted by molar-refractivity contribution is -0.157. The number of hydrogen-bond donors (Lipinski definition) is 2. The standard InChI is InChI=1S/C21H28N3O3PS/c1-15(2)20(24-28(27)14-23-16(3)25)21(26)22-12-4-6-17-8-10-18(11-9-17)19-7-5-13-29-19/h5,7-11,13,15,20H,4,6,12,14H2,1-3H3,(H,22,26)(H,23,25)/t20-/m0/s1. The maximum atomic E-state index is 12.4. The van der Waals surface area contributed by atoms with Gasteiger partial charge in [-0.05, 0) is 41.3 Å². The average Bonchev–Trinajstić information content (AvgIpc) is 3.22. The lowest BCUT2D eigenvalue weighted by atomic mass is 10.0. The van der Waals surface area contributed by atoms with Gasteiger partial charge in [0.05, 0.1) is 0 Å². The number of amides is 2. The van der Waals surface area contributed by atoms with Crippen LogP contribution < -0.4 is 15.5 Å². The monoisotopic (exact) mass is 433 g/mol. The second kappa shape index (κ2) is 11.8. The highest BCUT2D eigenvalue weighted by molar-refractivity contribution is 7.39. The van der Waals surface area contributed by atoms with Crippen LogP contribution in [-0.2, 0) is 16.0 Å². The summed E-state index contributed by atoms with van der Waals surface area (Å²) in [5.41, 5.74) is 2.44. The van der Waals surface area contributed by atoms with Gasteiger partial charge in [-0.15, -0.1) is 11.3 Å². The van der Waals surface area contributed by atoms with Crippen molar-refractivity contribution in [3.63, 3.8) is 0 Å². The molecule has 0 bridgehead atoms. The third-order valence-corrected chi connectivity index (χ3v) is 6.17. The Balaban J connectivity index is 1.79.